The lowest BCUT2D eigenvalue weighted by atomic mass is 10.3. The highest BCUT2D eigenvalue weighted by Crippen LogP contribution is 2.06. The normalized spacial score (nSPS) is 12.1. The number of nitrogens with one attached hydrogen (secondary N) is 1. The largest absolute Gasteiger partial charge is 0.384 e. The van der Waals surface area contributed by atoms with Crippen LogP contribution in [0.15, 0.2) is 18.2 Å². The summed E-state index contributed by atoms with van der Waals surface area (Å²) in [5.74, 6) is 0.525. The minimum atomic E-state index is -0.450. The first kappa shape index (κ1) is 9.31. The number of amides is 1. The minimum absolute atomic E-state index is 0.404. The van der Waals surface area contributed by atoms with Gasteiger partial charge in [-0.1, -0.05) is 6.07 Å². The Morgan fingerprint density at radius 1 is 1.62 bits per heavy atom. The molecule has 5 heteroatoms. The molecule has 0 radical (unpaired) electrons. The van der Waals surface area contributed by atoms with Gasteiger partial charge in [-0.15, -0.1) is 0 Å². The van der Waals surface area contributed by atoms with E-state index >= 15 is 0 Å². The fourth-order valence-corrected chi connectivity index (χ4v) is 0.825. The first-order chi connectivity index (χ1) is 6.09. The highest BCUT2D eigenvalue weighted by molar-refractivity contribution is 5.82. The number of hydrogen-bond acceptors (Lipinski definition) is 4. The molecule has 1 aromatic heterocycles. The van der Waals surface area contributed by atoms with Gasteiger partial charge in [0.2, 0.25) is 5.91 Å². The molecule has 0 fully saturated rings. The summed E-state index contributed by atoms with van der Waals surface area (Å²) in [6.07, 6.45) is 0. The maximum Gasteiger partial charge on any atom is 0.239 e. The average Bonchev–Trinajstić information content (AvgIpc) is 2.04. The van der Waals surface area contributed by atoms with Gasteiger partial charge in [0.15, 0.2) is 0 Å². The van der Waals surface area contributed by atoms with Crippen LogP contribution in [0.1, 0.15) is 6.92 Å². The number of primary amides is 1. The van der Waals surface area contributed by atoms with Crippen LogP contribution >= 0.6 is 0 Å². The van der Waals surface area contributed by atoms with E-state index in [-0.39, 0.29) is 0 Å². The van der Waals surface area contributed by atoms with E-state index in [0.717, 1.165) is 0 Å². The van der Waals surface area contributed by atoms with Crippen molar-refractivity contribution in [1.82, 2.24) is 4.98 Å². The van der Waals surface area contributed by atoms with Crippen LogP contribution in [-0.4, -0.2) is 16.9 Å². The maximum absolute atomic E-state index is 10.7. The van der Waals surface area contributed by atoms with Crippen molar-refractivity contribution < 1.29 is 4.79 Å². The van der Waals surface area contributed by atoms with Gasteiger partial charge in [0.25, 0.3) is 0 Å². The Labute approximate surface area is 76.1 Å². The summed E-state index contributed by atoms with van der Waals surface area (Å²) in [4.78, 5) is 14.6. The van der Waals surface area contributed by atoms with Crippen LogP contribution in [0.25, 0.3) is 0 Å². The first-order valence-corrected chi connectivity index (χ1v) is 3.88. The average molecular weight is 180 g/mol. The second-order valence-corrected chi connectivity index (χ2v) is 2.72. The van der Waals surface area contributed by atoms with E-state index in [1.807, 2.05) is 0 Å². The summed E-state index contributed by atoms with van der Waals surface area (Å²) in [5.41, 5.74) is 10.5. The lowest BCUT2D eigenvalue weighted by molar-refractivity contribution is -0.118. The van der Waals surface area contributed by atoms with Crippen molar-refractivity contribution in [1.29, 1.82) is 0 Å². The van der Waals surface area contributed by atoms with E-state index in [4.69, 9.17) is 11.5 Å². The maximum atomic E-state index is 10.7. The molecule has 1 amide bonds. The highest BCUT2D eigenvalue weighted by atomic mass is 16.1. The highest BCUT2D eigenvalue weighted by Gasteiger charge is 2.07. The molecule has 5 N–H and O–H groups in total. The molecule has 1 rings (SSSR count). The smallest absolute Gasteiger partial charge is 0.239 e. The number of carbonyl (C=O) groups excluding carboxylic acids is 1. The second-order valence-electron chi connectivity index (χ2n) is 2.72. The molecule has 0 saturated carbocycles. The van der Waals surface area contributed by atoms with Gasteiger partial charge in [0.1, 0.15) is 17.7 Å². The van der Waals surface area contributed by atoms with Gasteiger partial charge in [0.05, 0.1) is 0 Å². The molecule has 1 heterocycles. The zero-order chi connectivity index (χ0) is 9.84. The molecular weight excluding hydrogens is 168 g/mol. The number of pyridine rings is 1. The van der Waals surface area contributed by atoms with E-state index in [1.165, 1.54) is 0 Å². The molecule has 13 heavy (non-hydrogen) atoms. The topological polar surface area (TPSA) is 94.0 Å². The van der Waals surface area contributed by atoms with E-state index in [2.05, 4.69) is 10.3 Å². The van der Waals surface area contributed by atoms with E-state index < -0.39 is 11.9 Å². The van der Waals surface area contributed by atoms with Crippen molar-refractivity contribution in [2.75, 3.05) is 11.1 Å². The first-order valence-electron chi connectivity index (χ1n) is 3.88. The fraction of sp³-hybridized carbons (Fsp3) is 0.250. The number of carbonyl (C=O) groups is 1. The summed E-state index contributed by atoms with van der Waals surface area (Å²) in [7, 11) is 0. The SMILES string of the molecule is CC(Nc1cccc(N)n1)C(N)=O. The number of nitrogens with two attached hydrogens (primary N) is 2. The van der Waals surface area contributed by atoms with Gasteiger partial charge >= 0.3 is 0 Å². The molecule has 5 nitrogen and oxygen atoms in total. The number of anilines is 2. The minimum Gasteiger partial charge on any atom is -0.384 e. The van der Waals surface area contributed by atoms with Crippen LogP contribution in [0.3, 0.4) is 0 Å². The molecule has 1 unspecified atom stereocenters. The van der Waals surface area contributed by atoms with Gasteiger partial charge in [-0.3, -0.25) is 4.79 Å². The van der Waals surface area contributed by atoms with Crippen LogP contribution in [0.2, 0.25) is 0 Å². The standard InChI is InChI=1S/C8H12N4O/c1-5(8(10)13)11-7-4-2-3-6(9)12-7/h2-5H,1H3,(H2,10,13)(H3,9,11,12). The molecule has 1 aromatic rings. The van der Waals surface area contributed by atoms with Gasteiger partial charge in [0, 0.05) is 0 Å². The Hall–Kier alpha value is -1.78. The summed E-state index contributed by atoms with van der Waals surface area (Å²) in [5, 5.41) is 2.82. The number of nitrogens with zero attached hydrogens (tertiary/aromatic N) is 1. The third-order valence-electron chi connectivity index (χ3n) is 1.56. The summed E-state index contributed by atoms with van der Waals surface area (Å²) >= 11 is 0. The van der Waals surface area contributed by atoms with E-state index in [9.17, 15) is 4.79 Å². The molecule has 0 saturated heterocycles. The van der Waals surface area contributed by atoms with E-state index in [0.29, 0.717) is 11.6 Å². The van der Waals surface area contributed by atoms with Crippen molar-refractivity contribution in [3.05, 3.63) is 18.2 Å². The quantitative estimate of drug-likeness (QED) is 0.607. The second kappa shape index (κ2) is 3.75. The monoisotopic (exact) mass is 180 g/mol. The van der Waals surface area contributed by atoms with Gasteiger partial charge < -0.3 is 16.8 Å². The Bertz CT molecular complexity index is 313. The molecule has 0 aliphatic heterocycles. The molecule has 0 aliphatic rings. The van der Waals surface area contributed by atoms with Gasteiger partial charge in [-0.05, 0) is 19.1 Å². The van der Waals surface area contributed by atoms with E-state index in [1.54, 1.807) is 25.1 Å². The molecule has 70 valence electrons. The van der Waals surface area contributed by atoms with Gasteiger partial charge in [-0.2, -0.15) is 0 Å². The Balaban J connectivity index is 2.69. The predicted molar refractivity (Wildman–Crippen MR) is 50.9 cm³/mol. The zero-order valence-electron chi connectivity index (χ0n) is 7.32. The zero-order valence-corrected chi connectivity index (χ0v) is 7.32. The Morgan fingerprint density at radius 2 is 2.31 bits per heavy atom. The van der Waals surface area contributed by atoms with Crippen LogP contribution in [0.4, 0.5) is 11.6 Å². The van der Waals surface area contributed by atoms with Crippen LogP contribution in [-0.2, 0) is 4.79 Å². The number of hydrogen-bond donors (Lipinski definition) is 3. The molecular formula is C8H12N4O. The molecule has 0 aliphatic carbocycles. The lowest BCUT2D eigenvalue weighted by Gasteiger charge is -2.10. The summed E-state index contributed by atoms with van der Waals surface area (Å²) in [6, 6.07) is 4.68. The third kappa shape index (κ3) is 2.62. The Kier molecular flexibility index (Phi) is 2.69. The van der Waals surface area contributed by atoms with Crippen molar-refractivity contribution in [3.63, 3.8) is 0 Å². The van der Waals surface area contributed by atoms with Crippen molar-refractivity contribution in [2.45, 2.75) is 13.0 Å². The van der Waals surface area contributed by atoms with Crippen molar-refractivity contribution in [3.8, 4) is 0 Å². The van der Waals surface area contributed by atoms with Gasteiger partial charge in [-0.25, -0.2) is 4.98 Å². The molecule has 1 atom stereocenters. The predicted octanol–water partition coefficient (Wildman–Crippen LogP) is -0.0505. The summed E-state index contributed by atoms with van der Waals surface area (Å²) < 4.78 is 0. The number of rotatable bonds is 3. The van der Waals surface area contributed by atoms with Crippen LogP contribution in [0.5, 0.6) is 0 Å². The van der Waals surface area contributed by atoms with Crippen molar-refractivity contribution >= 4 is 17.5 Å². The fourth-order valence-electron chi connectivity index (χ4n) is 0.825. The molecule has 0 bridgehead atoms. The summed E-state index contributed by atoms with van der Waals surface area (Å²) in [6.45, 7) is 1.66. The Morgan fingerprint density at radius 3 is 2.85 bits per heavy atom. The van der Waals surface area contributed by atoms with Crippen LogP contribution < -0.4 is 16.8 Å². The number of nitrogen functional groups attached to an aromatic ring is 1. The number of aromatic nitrogens is 1. The molecule has 0 aromatic carbocycles. The van der Waals surface area contributed by atoms with Crippen molar-refractivity contribution in [2.24, 2.45) is 5.73 Å². The lowest BCUT2D eigenvalue weighted by Crippen LogP contribution is -2.32. The third-order valence-corrected chi connectivity index (χ3v) is 1.56. The van der Waals surface area contributed by atoms with Crippen LogP contribution in [0, 0.1) is 0 Å². The molecule has 0 spiro atoms.